The van der Waals surface area contributed by atoms with Crippen LogP contribution in [-0.4, -0.2) is 32.8 Å². The molecule has 106 valence electrons. The van der Waals surface area contributed by atoms with Gasteiger partial charge >= 0.3 is 0 Å². The summed E-state index contributed by atoms with van der Waals surface area (Å²) in [7, 11) is -3.11. The van der Waals surface area contributed by atoms with E-state index >= 15 is 0 Å². The van der Waals surface area contributed by atoms with Gasteiger partial charge in [-0.2, -0.15) is 0 Å². The Kier molecular flexibility index (Phi) is 4.34. The molecule has 0 amide bonds. The van der Waals surface area contributed by atoms with Crippen LogP contribution in [0.2, 0.25) is 0 Å². The fraction of sp³-hybridized carbons (Fsp3) is 1.00. The minimum atomic E-state index is -3.11. The summed E-state index contributed by atoms with van der Waals surface area (Å²) in [4.78, 5) is 0. The van der Waals surface area contributed by atoms with E-state index in [0.29, 0.717) is 12.6 Å². The molecular formula is C13H26N2O2S. The zero-order chi connectivity index (χ0) is 13.2. The maximum absolute atomic E-state index is 12.0. The predicted molar refractivity (Wildman–Crippen MR) is 74.0 cm³/mol. The first-order valence-corrected chi connectivity index (χ1v) is 8.75. The fourth-order valence-corrected chi connectivity index (χ4v) is 4.01. The van der Waals surface area contributed by atoms with Crippen molar-refractivity contribution in [3.63, 3.8) is 0 Å². The van der Waals surface area contributed by atoms with Crippen LogP contribution in [0.5, 0.6) is 0 Å². The summed E-state index contributed by atoms with van der Waals surface area (Å²) in [6, 6.07) is 0.716. The molecule has 2 fully saturated rings. The van der Waals surface area contributed by atoms with Crippen LogP contribution in [-0.2, 0) is 10.0 Å². The first-order chi connectivity index (χ1) is 8.36. The number of nitrogens with one attached hydrogen (secondary N) is 2. The van der Waals surface area contributed by atoms with Gasteiger partial charge in [0, 0.05) is 18.6 Å². The number of sulfonamides is 1. The summed E-state index contributed by atoms with van der Waals surface area (Å²) >= 11 is 0. The van der Waals surface area contributed by atoms with Crippen molar-refractivity contribution in [2.45, 2.75) is 64.5 Å². The second-order valence-electron chi connectivity index (χ2n) is 6.62. The molecule has 1 unspecified atom stereocenters. The largest absolute Gasteiger partial charge is 0.313 e. The monoisotopic (exact) mass is 274 g/mol. The van der Waals surface area contributed by atoms with E-state index < -0.39 is 10.0 Å². The molecule has 4 nitrogen and oxygen atoms in total. The van der Waals surface area contributed by atoms with Crippen LogP contribution in [0.4, 0.5) is 0 Å². The van der Waals surface area contributed by atoms with E-state index in [1.165, 1.54) is 19.3 Å². The number of rotatable bonds is 6. The Bertz CT molecular complexity index is 374. The lowest BCUT2D eigenvalue weighted by atomic mass is 9.75. The van der Waals surface area contributed by atoms with E-state index in [1.807, 2.05) is 0 Å². The molecule has 2 aliphatic carbocycles. The summed E-state index contributed by atoms with van der Waals surface area (Å²) in [5.74, 6) is 0.209. The van der Waals surface area contributed by atoms with Gasteiger partial charge in [0.15, 0.2) is 0 Å². The molecule has 2 N–H and O–H groups in total. The Morgan fingerprint density at radius 3 is 2.50 bits per heavy atom. The topological polar surface area (TPSA) is 58.2 Å². The van der Waals surface area contributed by atoms with E-state index in [9.17, 15) is 8.42 Å². The van der Waals surface area contributed by atoms with Gasteiger partial charge in [-0.15, -0.1) is 0 Å². The van der Waals surface area contributed by atoms with Crippen molar-refractivity contribution in [2.24, 2.45) is 5.41 Å². The number of hydrogen-bond acceptors (Lipinski definition) is 3. The third-order valence-corrected chi connectivity index (χ3v) is 5.37. The van der Waals surface area contributed by atoms with Gasteiger partial charge < -0.3 is 5.32 Å². The van der Waals surface area contributed by atoms with Crippen molar-refractivity contribution < 1.29 is 8.42 Å². The normalized spacial score (nSPS) is 28.2. The molecule has 2 aliphatic rings. The summed E-state index contributed by atoms with van der Waals surface area (Å²) in [5, 5.41) is 3.25. The highest BCUT2D eigenvalue weighted by molar-refractivity contribution is 7.89. The first kappa shape index (κ1) is 14.3. The highest BCUT2D eigenvalue weighted by Gasteiger charge is 2.30. The van der Waals surface area contributed by atoms with Crippen molar-refractivity contribution in [1.82, 2.24) is 10.0 Å². The molecule has 18 heavy (non-hydrogen) atoms. The van der Waals surface area contributed by atoms with Gasteiger partial charge in [0.05, 0.1) is 5.75 Å². The SMILES string of the molecule is CC1(C)CCCC(NS(=O)(=O)CCNC2CC2)C1. The zero-order valence-corrected chi connectivity index (χ0v) is 12.4. The molecule has 0 saturated heterocycles. The standard InChI is InChI=1S/C13H26N2O2S/c1-13(2)7-3-4-12(10-13)15-18(16,17)9-8-14-11-5-6-11/h11-12,14-15H,3-10H2,1-2H3. The van der Waals surface area contributed by atoms with Gasteiger partial charge in [-0.25, -0.2) is 13.1 Å². The van der Waals surface area contributed by atoms with Crippen molar-refractivity contribution in [1.29, 1.82) is 0 Å². The first-order valence-electron chi connectivity index (χ1n) is 7.10. The minimum Gasteiger partial charge on any atom is -0.313 e. The van der Waals surface area contributed by atoms with Crippen LogP contribution in [0.3, 0.4) is 0 Å². The maximum atomic E-state index is 12.0. The molecule has 0 aliphatic heterocycles. The van der Waals surface area contributed by atoms with E-state index in [1.54, 1.807) is 0 Å². The third-order valence-electron chi connectivity index (χ3n) is 3.93. The second-order valence-corrected chi connectivity index (χ2v) is 8.50. The molecule has 0 heterocycles. The van der Waals surface area contributed by atoms with Gasteiger partial charge in [-0.1, -0.05) is 20.3 Å². The van der Waals surface area contributed by atoms with Crippen molar-refractivity contribution in [3.8, 4) is 0 Å². The summed E-state index contributed by atoms with van der Waals surface area (Å²) in [6.45, 7) is 5.03. The molecule has 0 bridgehead atoms. The molecule has 0 spiro atoms. The second kappa shape index (κ2) is 5.47. The van der Waals surface area contributed by atoms with Gasteiger partial charge in [-0.3, -0.25) is 0 Å². The number of hydrogen-bond donors (Lipinski definition) is 2. The highest BCUT2D eigenvalue weighted by atomic mass is 32.2. The quantitative estimate of drug-likeness (QED) is 0.774. The fourth-order valence-electron chi connectivity index (χ4n) is 2.80. The molecule has 5 heteroatoms. The zero-order valence-electron chi connectivity index (χ0n) is 11.5. The Hall–Kier alpha value is -0.130. The van der Waals surface area contributed by atoms with Crippen molar-refractivity contribution in [2.75, 3.05) is 12.3 Å². The predicted octanol–water partition coefficient (Wildman–Crippen LogP) is 1.63. The smallest absolute Gasteiger partial charge is 0.213 e. The molecule has 1 atom stereocenters. The average molecular weight is 274 g/mol. The van der Waals surface area contributed by atoms with E-state index in [4.69, 9.17) is 0 Å². The maximum Gasteiger partial charge on any atom is 0.213 e. The van der Waals surface area contributed by atoms with Crippen molar-refractivity contribution in [3.05, 3.63) is 0 Å². The summed E-state index contributed by atoms with van der Waals surface area (Å²) in [6.07, 6.45) is 6.67. The van der Waals surface area contributed by atoms with Gasteiger partial charge in [0.25, 0.3) is 0 Å². The van der Waals surface area contributed by atoms with Crippen LogP contribution in [0.1, 0.15) is 52.4 Å². The lowest BCUT2D eigenvalue weighted by Crippen LogP contribution is -2.43. The Morgan fingerprint density at radius 2 is 1.89 bits per heavy atom. The van der Waals surface area contributed by atoms with Crippen LogP contribution >= 0.6 is 0 Å². The molecular weight excluding hydrogens is 248 g/mol. The highest BCUT2D eigenvalue weighted by Crippen LogP contribution is 2.35. The molecule has 0 aromatic heterocycles. The molecule has 2 saturated carbocycles. The summed E-state index contributed by atoms with van der Waals surface area (Å²) in [5.41, 5.74) is 0.275. The van der Waals surface area contributed by atoms with Crippen LogP contribution in [0, 0.1) is 5.41 Å². The van der Waals surface area contributed by atoms with Crippen LogP contribution < -0.4 is 10.0 Å². The Morgan fingerprint density at radius 1 is 1.17 bits per heavy atom. The van der Waals surface area contributed by atoms with E-state index in [-0.39, 0.29) is 17.2 Å². The third kappa shape index (κ3) is 4.86. The Labute approximate surface area is 111 Å². The molecule has 0 radical (unpaired) electrons. The molecule has 0 aromatic carbocycles. The minimum absolute atomic E-state index is 0.139. The van der Waals surface area contributed by atoms with Crippen LogP contribution in [0.25, 0.3) is 0 Å². The summed E-state index contributed by atoms with van der Waals surface area (Å²) < 4.78 is 26.8. The van der Waals surface area contributed by atoms with E-state index in [2.05, 4.69) is 23.9 Å². The lowest BCUT2D eigenvalue weighted by Gasteiger charge is -2.35. The van der Waals surface area contributed by atoms with Crippen LogP contribution in [0.15, 0.2) is 0 Å². The van der Waals surface area contributed by atoms with Crippen molar-refractivity contribution >= 4 is 10.0 Å². The lowest BCUT2D eigenvalue weighted by molar-refractivity contribution is 0.212. The average Bonchev–Trinajstić information content (AvgIpc) is 2.98. The molecule has 0 aromatic rings. The van der Waals surface area contributed by atoms with Gasteiger partial charge in [0.1, 0.15) is 0 Å². The van der Waals surface area contributed by atoms with Gasteiger partial charge in [-0.05, 0) is 37.5 Å². The Balaban J connectivity index is 1.75. The van der Waals surface area contributed by atoms with Gasteiger partial charge in [0.2, 0.25) is 10.0 Å². The van der Waals surface area contributed by atoms with E-state index in [0.717, 1.165) is 19.3 Å². The molecule has 2 rings (SSSR count).